The van der Waals surface area contributed by atoms with Crippen LogP contribution in [0.15, 0.2) is 36.0 Å². The van der Waals surface area contributed by atoms with Gasteiger partial charge in [0.05, 0.1) is 0 Å². The molecule has 0 bridgehead atoms. The molecular formula is C12H16. The van der Waals surface area contributed by atoms with Gasteiger partial charge < -0.3 is 0 Å². The molecule has 0 N–H and O–H groups in total. The predicted octanol–water partition coefficient (Wildman–Crippen LogP) is 3.62. The van der Waals surface area contributed by atoms with Gasteiger partial charge >= 0.3 is 0 Å². The van der Waals surface area contributed by atoms with Gasteiger partial charge in [0.15, 0.2) is 0 Å². The molecule has 2 aliphatic carbocycles. The first-order valence-electron chi connectivity index (χ1n) is 5.01. The van der Waals surface area contributed by atoms with Crippen molar-refractivity contribution in [3.8, 4) is 0 Å². The van der Waals surface area contributed by atoms with Gasteiger partial charge in [-0.15, -0.1) is 0 Å². The molecule has 64 valence electrons. The summed E-state index contributed by atoms with van der Waals surface area (Å²) in [5.41, 5.74) is 1.65. The summed E-state index contributed by atoms with van der Waals surface area (Å²) in [6, 6.07) is 0. The van der Waals surface area contributed by atoms with Gasteiger partial charge in [0.1, 0.15) is 0 Å². The van der Waals surface area contributed by atoms with Crippen LogP contribution in [0.4, 0.5) is 0 Å². The molecule has 0 aromatic heterocycles. The van der Waals surface area contributed by atoms with Crippen LogP contribution in [0.1, 0.15) is 32.1 Å². The third-order valence-electron chi connectivity index (χ3n) is 2.75. The Balaban J connectivity index is 2.05. The molecule has 2 aliphatic rings. The molecule has 0 aromatic rings. The summed E-state index contributed by atoms with van der Waals surface area (Å²) in [5, 5.41) is 0. The summed E-state index contributed by atoms with van der Waals surface area (Å²) >= 11 is 0. The van der Waals surface area contributed by atoms with Gasteiger partial charge in [-0.25, -0.2) is 0 Å². The summed E-state index contributed by atoms with van der Waals surface area (Å²) in [4.78, 5) is 0. The SMILES string of the molecule is C1=CC(C2=CCCCCC2)C=C1. The molecule has 0 fully saturated rings. The fourth-order valence-electron chi connectivity index (χ4n) is 2.02. The Labute approximate surface area is 74.7 Å². The number of hydrogen-bond acceptors (Lipinski definition) is 0. The molecule has 0 unspecified atom stereocenters. The number of allylic oxidation sites excluding steroid dienone is 6. The average Bonchev–Trinajstić information content (AvgIpc) is 2.48. The standard InChI is InChI=1S/C12H16/c1-2-4-8-11(7-3-1)12-9-5-6-10-12/h5-7,9-10,12H,1-4,8H2. The van der Waals surface area contributed by atoms with Crippen LogP contribution >= 0.6 is 0 Å². The van der Waals surface area contributed by atoms with Crippen molar-refractivity contribution in [2.24, 2.45) is 5.92 Å². The van der Waals surface area contributed by atoms with Crippen molar-refractivity contribution in [2.75, 3.05) is 0 Å². The summed E-state index contributed by atoms with van der Waals surface area (Å²) in [7, 11) is 0. The quantitative estimate of drug-likeness (QED) is 0.514. The molecule has 0 spiro atoms. The maximum absolute atomic E-state index is 2.46. The highest BCUT2D eigenvalue weighted by molar-refractivity contribution is 5.28. The molecule has 0 heterocycles. The summed E-state index contributed by atoms with van der Waals surface area (Å²) in [5.74, 6) is 0.642. The predicted molar refractivity (Wildman–Crippen MR) is 52.9 cm³/mol. The summed E-state index contributed by atoms with van der Waals surface area (Å²) in [6.07, 6.45) is 18.2. The average molecular weight is 160 g/mol. The molecule has 12 heavy (non-hydrogen) atoms. The minimum atomic E-state index is 0.642. The highest BCUT2D eigenvalue weighted by Crippen LogP contribution is 2.27. The third-order valence-corrected chi connectivity index (χ3v) is 2.75. The van der Waals surface area contributed by atoms with Crippen LogP contribution < -0.4 is 0 Å². The van der Waals surface area contributed by atoms with Crippen molar-refractivity contribution in [3.63, 3.8) is 0 Å². The minimum absolute atomic E-state index is 0.642. The van der Waals surface area contributed by atoms with E-state index >= 15 is 0 Å². The molecule has 0 aromatic carbocycles. The van der Waals surface area contributed by atoms with Crippen LogP contribution in [0, 0.1) is 5.92 Å². The molecule has 0 atom stereocenters. The Morgan fingerprint density at radius 1 is 1.00 bits per heavy atom. The van der Waals surface area contributed by atoms with E-state index in [1.54, 1.807) is 5.57 Å². The molecule has 0 amide bonds. The van der Waals surface area contributed by atoms with Crippen LogP contribution in [0.25, 0.3) is 0 Å². The first kappa shape index (κ1) is 7.85. The van der Waals surface area contributed by atoms with E-state index in [1.165, 1.54) is 32.1 Å². The van der Waals surface area contributed by atoms with Gasteiger partial charge in [-0.05, 0) is 25.7 Å². The van der Waals surface area contributed by atoms with Crippen LogP contribution in [0.3, 0.4) is 0 Å². The normalized spacial score (nSPS) is 24.2. The maximum atomic E-state index is 2.46. The largest absolute Gasteiger partial charge is 0.0844 e. The Morgan fingerprint density at radius 2 is 1.83 bits per heavy atom. The van der Waals surface area contributed by atoms with E-state index < -0.39 is 0 Å². The minimum Gasteiger partial charge on any atom is -0.0844 e. The maximum Gasteiger partial charge on any atom is 0.0163 e. The Hall–Kier alpha value is -0.780. The highest BCUT2D eigenvalue weighted by Gasteiger charge is 2.11. The second-order valence-electron chi connectivity index (χ2n) is 3.67. The van der Waals surface area contributed by atoms with Crippen LogP contribution in [-0.4, -0.2) is 0 Å². The lowest BCUT2D eigenvalue weighted by Crippen LogP contribution is -1.94. The molecule has 0 heteroatoms. The molecule has 0 nitrogen and oxygen atoms in total. The van der Waals surface area contributed by atoms with Crippen LogP contribution in [0.5, 0.6) is 0 Å². The van der Waals surface area contributed by atoms with Gasteiger partial charge in [0, 0.05) is 5.92 Å². The van der Waals surface area contributed by atoms with Crippen molar-refractivity contribution >= 4 is 0 Å². The molecule has 0 saturated carbocycles. The van der Waals surface area contributed by atoms with Crippen LogP contribution in [-0.2, 0) is 0 Å². The lowest BCUT2D eigenvalue weighted by Gasteiger charge is -2.08. The Kier molecular flexibility index (Phi) is 2.45. The van der Waals surface area contributed by atoms with E-state index in [0.717, 1.165) is 0 Å². The first-order chi connectivity index (χ1) is 5.97. The second-order valence-corrected chi connectivity index (χ2v) is 3.67. The van der Waals surface area contributed by atoms with E-state index in [4.69, 9.17) is 0 Å². The monoisotopic (exact) mass is 160 g/mol. The molecule has 0 radical (unpaired) electrons. The van der Waals surface area contributed by atoms with Gasteiger partial charge in [-0.2, -0.15) is 0 Å². The number of hydrogen-bond donors (Lipinski definition) is 0. The molecule has 0 aliphatic heterocycles. The van der Waals surface area contributed by atoms with E-state index in [0.29, 0.717) is 5.92 Å². The lowest BCUT2D eigenvalue weighted by molar-refractivity contribution is 0.699. The van der Waals surface area contributed by atoms with Gasteiger partial charge in [-0.1, -0.05) is 42.4 Å². The van der Waals surface area contributed by atoms with E-state index in [1.807, 2.05) is 0 Å². The zero-order valence-corrected chi connectivity index (χ0v) is 7.50. The smallest absolute Gasteiger partial charge is 0.0163 e. The van der Waals surface area contributed by atoms with Crippen molar-refractivity contribution in [3.05, 3.63) is 36.0 Å². The third kappa shape index (κ3) is 1.69. The van der Waals surface area contributed by atoms with Crippen molar-refractivity contribution in [2.45, 2.75) is 32.1 Å². The molecule has 2 rings (SSSR count). The molecule has 0 saturated heterocycles. The van der Waals surface area contributed by atoms with Gasteiger partial charge in [0.25, 0.3) is 0 Å². The zero-order chi connectivity index (χ0) is 8.23. The van der Waals surface area contributed by atoms with E-state index in [9.17, 15) is 0 Å². The fraction of sp³-hybridized carbons (Fsp3) is 0.500. The topological polar surface area (TPSA) is 0 Å². The van der Waals surface area contributed by atoms with Gasteiger partial charge in [-0.3, -0.25) is 0 Å². The fourth-order valence-corrected chi connectivity index (χ4v) is 2.02. The Bertz CT molecular complexity index is 218. The summed E-state index contributed by atoms with van der Waals surface area (Å²) < 4.78 is 0. The van der Waals surface area contributed by atoms with Gasteiger partial charge in [0.2, 0.25) is 0 Å². The van der Waals surface area contributed by atoms with E-state index in [2.05, 4.69) is 30.4 Å². The zero-order valence-electron chi connectivity index (χ0n) is 7.50. The van der Waals surface area contributed by atoms with Crippen LogP contribution in [0.2, 0.25) is 0 Å². The molecular weight excluding hydrogens is 144 g/mol. The highest BCUT2D eigenvalue weighted by atomic mass is 14.2. The first-order valence-corrected chi connectivity index (χ1v) is 5.01. The van der Waals surface area contributed by atoms with E-state index in [-0.39, 0.29) is 0 Å². The van der Waals surface area contributed by atoms with Crippen molar-refractivity contribution in [1.29, 1.82) is 0 Å². The number of rotatable bonds is 1. The second kappa shape index (κ2) is 3.75. The summed E-state index contributed by atoms with van der Waals surface area (Å²) in [6.45, 7) is 0. The lowest BCUT2D eigenvalue weighted by atomic mass is 9.96. The van der Waals surface area contributed by atoms with Crippen molar-refractivity contribution < 1.29 is 0 Å². The Morgan fingerprint density at radius 3 is 2.67 bits per heavy atom. The van der Waals surface area contributed by atoms with Crippen molar-refractivity contribution in [1.82, 2.24) is 0 Å².